The van der Waals surface area contributed by atoms with Crippen LogP contribution in [0.15, 0.2) is 21.8 Å². The van der Waals surface area contributed by atoms with Crippen molar-refractivity contribution in [3.63, 3.8) is 0 Å². The SMILES string of the molecule is CCCCCCC(=O)OC(CCC)OC(=O)C1=C(CSc2nnnn2CCN(C)C)CS[C@@H]2[C@H](NC(=O)Cc3csc(N)n3)C(=O)N12. The van der Waals surface area contributed by atoms with E-state index in [9.17, 15) is 19.2 Å². The highest BCUT2D eigenvalue weighted by Gasteiger charge is 2.54. The lowest BCUT2D eigenvalue weighted by atomic mass is 10.0. The summed E-state index contributed by atoms with van der Waals surface area (Å²) in [5.41, 5.74) is 6.95. The van der Waals surface area contributed by atoms with Crippen LogP contribution in [0.2, 0.25) is 0 Å². The van der Waals surface area contributed by atoms with Crippen molar-refractivity contribution in [3.05, 3.63) is 22.3 Å². The minimum Gasteiger partial charge on any atom is -0.425 e. The molecule has 3 N–H and O–H groups in total. The van der Waals surface area contributed by atoms with E-state index in [2.05, 4.69) is 32.7 Å². The number of aromatic nitrogens is 5. The summed E-state index contributed by atoms with van der Waals surface area (Å²) in [6, 6.07) is -0.828. The summed E-state index contributed by atoms with van der Waals surface area (Å²) in [5, 5.41) is 16.9. The van der Waals surface area contributed by atoms with Crippen molar-refractivity contribution >= 4 is 63.7 Å². The van der Waals surface area contributed by atoms with Gasteiger partial charge in [0.15, 0.2) is 5.13 Å². The first-order chi connectivity index (χ1) is 22.6. The Morgan fingerprint density at radius 1 is 1.19 bits per heavy atom. The third-order valence-electron chi connectivity index (χ3n) is 7.36. The summed E-state index contributed by atoms with van der Waals surface area (Å²) in [7, 11) is 3.92. The van der Waals surface area contributed by atoms with Gasteiger partial charge in [0.25, 0.3) is 5.91 Å². The number of nitrogens with two attached hydrogens (primary N) is 1. The van der Waals surface area contributed by atoms with Crippen molar-refractivity contribution in [2.45, 2.75) is 94.6 Å². The molecule has 2 aromatic rings. The Morgan fingerprint density at radius 3 is 2.70 bits per heavy atom. The number of nitrogens with one attached hydrogen (secondary N) is 1. The normalized spacial score (nSPS) is 18.1. The first kappa shape index (κ1) is 36.6. The number of anilines is 1. The number of hydrogen-bond donors (Lipinski definition) is 2. The van der Waals surface area contributed by atoms with E-state index < -0.39 is 35.6 Å². The van der Waals surface area contributed by atoms with Crippen LogP contribution >= 0.6 is 34.9 Å². The Labute approximate surface area is 286 Å². The Hall–Kier alpha value is -3.22. The maximum absolute atomic E-state index is 13.8. The molecule has 258 valence electrons. The molecule has 0 bridgehead atoms. The number of likely N-dealkylation sites (N-methyl/N-ethyl adjacent to an activating group) is 1. The maximum atomic E-state index is 13.8. The van der Waals surface area contributed by atoms with Gasteiger partial charge in [-0.3, -0.25) is 19.3 Å². The number of carbonyl (C=O) groups excluding carboxylic acids is 4. The number of tetrazole rings is 1. The standard InChI is InChI=1S/C29H43N9O6S3/c1-5-7-8-9-11-21(40)43-22(10-6-2)44-27(42)24-18(16-47-29-33-34-35-37(29)13-12-36(3)4)15-45-26-23(25(41)38(24)26)32-20(39)14-19-17-46-28(30)31-19/h17,22-23,26H,5-16H2,1-4H3,(H2,30,31)(H,32,39)/t22?,23-,26-/m1/s1. The maximum Gasteiger partial charge on any atom is 0.358 e. The van der Waals surface area contributed by atoms with Crippen LogP contribution < -0.4 is 11.1 Å². The average molecular weight is 710 g/mol. The second-order valence-corrected chi connectivity index (χ2v) is 14.4. The number of nitrogens with zero attached hydrogens (tertiary/aromatic N) is 7. The number of rotatable bonds is 19. The van der Waals surface area contributed by atoms with E-state index >= 15 is 0 Å². The molecule has 2 amide bonds. The molecule has 0 radical (unpaired) electrons. The molecule has 18 heteroatoms. The topological polar surface area (TPSA) is 188 Å². The zero-order valence-corrected chi connectivity index (χ0v) is 29.6. The van der Waals surface area contributed by atoms with Gasteiger partial charge in [0.05, 0.1) is 18.7 Å². The molecule has 0 spiro atoms. The summed E-state index contributed by atoms with van der Waals surface area (Å²) in [6.07, 6.45) is 3.75. The van der Waals surface area contributed by atoms with Gasteiger partial charge in [0.2, 0.25) is 17.4 Å². The Balaban J connectivity index is 1.50. The summed E-state index contributed by atoms with van der Waals surface area (Å²) in [6.45, 7) is 5.31. The molecule has 1 saturated heterocycles. The number of hydrogen-bond acceptors (Lipinski definition) is 15. The smallest absolute Gasteiger partial charge is 0.358 e. The molecule has 2 aliphatic rings. The van der Waals surface area contributed by atoms with Crippen LogP contribution in [0, 0.1) is 0 Å². The monoisotopic (exact) mass is 709 g/mol. The zero-order valence-electron chi connectivity index (χ0n) is 27.2. The number of unbranched alkanes of at least 4 members (excludes halogenated alkanes) is 3. The fourth-order valence-corrected chi connectivity index (χ4v) is 7.87. The van der Waals surface area contributed by atoms with Gasteiger partial charge in [-0.25, -0.2) is 14.5 Å². The molecule has 1 unspecified atom stereocenters. The third kappa shape index (κ3) is 10.1. The molecule has 0 aromatic carbocycles. The molecule has 0 saturated carbocycles. The van der Waals surface area contributed by atoms with E-state index in [0.29, 0.717) is 58.9 Å². The molecule has 15 nitrogen and oxygen atoms in total. The van der Waals surface area contributed by atoms with Crippen molar-refractivity contribution in [1.29, 1.82) is 0 Å². The highest BCUT2D eigenvalue weighted by atomic mass is 32.2. The highest BCUT2D eigenvalue weighted by Crippen LogP contribution is 2.42. The molecular formula is C29H43N9O6S3. The first-order valence-corrected chi connectivity index (χ1v) is 18.6. The molecule has 2 aromatic heterocycles. The van der Waals surface area contributed by atoms with Crippen molar-refractivity contribution in [2.75, 3.05) is 37.9 Å². The van der Waals surface area contributed by atoms with Crippen molar-refractivity contribution in [2.24, 2.45) is 0 Å². The molecule has 4 heterocycles. The summed E-state index contributed by atoms with van der Waals surface area (Å²) >= 11 is 4.02. The first-order valence-electron chi connectivity index (χ1n) is 15.7. The lowest BCUT2D eigenvalue weighted by Crippen LogP contribution is -2.70. The van der Waals surface area contributed by atoms with Crippen molar-refractivity contribution in [3.8, 4) is 0 Å². The number of thioether (sulfide) groups is 2. The largest absolute Gasteiger partial charge is 0.425 e. The zero-order chi connectivity index (χ0) is 33.9. The number of nitrogen functional groups attached to an aromatic ring is 1. The van der Waals surface area contributed by atoms with Gasteiger partial charge in [0, 0.05) is 36.3 Å². The van der Waals surface area contributed by atoms with E-state index in [1.807, 2.05) is 25.9 Å². The molecule has 0 aliphatic carbocycles. The van der Waals surface area contributed by atoms with Gasteiger partial charge in [0.1, 0.15) is 17.1 Å². The number of carbonyl (C=O) groups is 4. The highest BCUT2D eigenvalue weighted by molar-refractivity contribution is 8.01. The number of ether oxygens (including phenoxy) is 2. The summed E-state index contributed by atoms with van der Waals surface area (Å²) < 4.78 is 13.0. The fraction of sp³-hybridized carbons (Fsp3) is 0.655. The molecular weight excluding hydrogens is 667 g/mol. The Bertz CT molecular complexity index is 1430. The number of fused-ring (bicyclic) bond motifs is 1. The lowest BCUT2D eigenvalue weighted by Gasteiger charge is -2.49. The number of β-lactam (4-membered cyclic amide) rings is 1. The Kier molecular flexibility index (Phi) is 13.9. The van der Waals surface area contributed by atoms with Crippen LogP contribution in [0.25, 0.3) is 0 Å². The van der Waals surface area contributed by atoms with E-state index in [-0.39, 0.29) is 24.4 Å². The van der Waals surface area contributed by atoms with E-state index in [1.54, 1.807) is 10.1 Å². The third-order valence-corrected chi connectivity index (χ3v) is 10.5. The van der Waals surface area contributed by atoms with Gasteiger partial charge >= 0.3 is 11.9 Å². The van der Waals surface area contributed by atoms with Crippen LogP contribution in [0.3, 0.4) is 0 Å². The van der Waals surface area contributed by atoms with Crippen molar-refractivity contribution < 1.29 is 28.7 Å². The van der Waals surface area contributed by atoms with E-state index in [1.165, 1.54) is 39.8 Å². The van der Waals surface area contributed by atoms with Gasteiger partial charge in [-0.1, -0.05) is 44.9 Å². The molecule has 4 rings (SSSR count). The summed E-state index contributed by atoms with van der Waals surface area (Å²) in [4.78, 5) is 60.2. The number of esters is 2. The van der Waals surface area contributed by atoms with Crippen LogP contribution in [-0.2, 0) is 41.6 Å². The molecule has 1 fully saturated rings. The predicted octanol–water partition coefficient (Wildman–Crippen LogP) is 2.45. The minimum absolute atomic E-state index is 0.0213. The quantitative estimate of drug-likeness (QED) is 0.0712. The lowest BCUT2D eigenvalue weighted by molar-refractivity contribution is -0.188. The minimum atomic E-state index is -1.09. The second kappa shape index (κ2) is 17.8. The molecule has 47 heavy (non-hydrogen) atoms. The fourth-order valence-electron chi connectivity index (χ4n) is 4.92. The molecule has 2 aliphatic heterocycles. The van der Waals surface area contributed by atoms with Crippen LogP contribution in [0.4, 0.5) is 5.13 Å². The van der Waals surface area contributed by atoms with Crippen molar-refractivity contribution in [1.82, 2.24) is 40.3 Å². The van der Waals surface area contributed by atoms with Gasteiger partial charge in [-0.2, -0.15) is 0 Å². The number of thiazole rings is 1. The van der Waals surface area contributed by atoms with E-state index in [0.717, 1.165) is 25.8 Å². The average Bonchev–Trinajstić information content (AvgIpc) is 3.67. The van der Waals surface area contributed by atoms with Crippen LogP contribution in [0.5, 0.6) is 0 Å². The predicted molar refractivity (Wildman–Crippen MR) is 179 cm³/mol. The number of amides is 2. The van der Waals surface area contributed by atoms with Gasteiger partial charge < -0.3 is 25.4 Å². The Morgan fingerprint density at radius 2 is 2.00 bits per heavy atom. The molecule has 3 atom stereocenters. The second-order valence-electron chi connectivity index (χ2n) is 11.5. The van der Waals surface area contributed by atoms with Gasteiger partial charge in [-0.15, -0.1) is 28.2 Å². The van der Waals surface area contributed by atoms with Crippen LogP contribution in [-0.4, -0.2) is 109 Å². The summed E-state index contributed by atoms with van der Waals surface area (Å²) in [5.74, 6) is -1.28. The van der Waals surface area contributed by atoms with Gasteiger partial charge in [-0.05, 0) is 42.9 Å². The van der Waals surface area contributed by atoms with E-state index in [4.69, 9.17) is 15.2 Å². The van der Waals surface area contributed by atoms with Crippen LogP contribution in [0.1, 0.15) is 64.5 Å².